The van der Waals surface area contributed by atoms with Gasteiger partial charge < -0.3 is 10.2 Å². The van der Waals surface area contributed by atoms with E-state index >= 15 is 0 Å². The summed E-state index contributed by atoms with van der Waals surface area (Å²) in [7, 11) is -3.21. The van der Waals surface area contributed by atoms with Crippen LogP contribution >= 0.6 is 0 Å². The van der Waals surface area contributed by atoms with Gasteiger partial charge in [-0.05, 0) is 37.6 Å². The topological polar surface area (TPSA) is 86.8 Å². The number of amides is 2. The predicted octanol–water partition coefficient (Wildman–Crippen LogP) is 0.830. The number of hydrogen-bond donors (Lipinski definition) is 1. The van der Waals surface area contributed by atoms with Crippen LogP contribution in [-0.2, 0) is 14.8 Å². The molecule has 0 spiro atoms. The Morgan fingerprint density at radius 2 is 1.73 bits per heavy atom. The third kappa shape index (κ3) is 5.50. The second-order valence-corrected chi connectivity index (χ2v) is 8.30. The number of halogens is 1. The van der Waals surface area contributed by atoms with Crippen LogP contribution in [0, 0.1) is 5.82 Å². The molecule has 0 bridgehead atoms. The van der Waals surface area contributed by atoms with Gasteiger partial charge in [0, 0.05) is 44.7 Å². The summed E-state index contributed by atoms with van der Waals surface area (Å²) < 4.78 is 37.8. The van der Waals surface area contributed by atoms with Gasteiger partial charge >= 0.3 is 0 Å². The number of benzene rings is 1. The Morgan fingerprint density at radius 3 is 2.31 bits per heavy atom. The van der Waals surface area contributed by atoms with Crippen molar-refractivity contribution in [2.75, 3.05) is 38.5 Å². The Labute approximate surface area is 153 Å². The highest BCUT2D eigenvalue weighted by Gasteiger charge is 2.27. The van der Waals surface area contributed by atoms with Crippen LogP contribution in [0.2, 0.25) is 0 Å². The van der Waals surface area contributed by atoms with Crippen LogP contribution < -0.4 is 5.32 Å². The van der Waals surface area contributed by atoms with Crippen molar-refractivity contribution in [1.82, 2.24) is 14.5 Å². The average Bonchev–Trinajstić information content (AvgIpc) is 2.65. The standard InChI is InChI=1S/C17H24FN3O4S/c1-2-26(24,25)21-12-10-20(11-13-21)16(22)4-3-9-19-17(23)14-5-7-15(18)8-6-14/h5-8H,2-4,9-13H2,1H3,(H,19,23). The normalized spacial score (nSPS) is 15.7. The highest BCUT2D eigenvalue weighted by molar-refractivity contribution is 7.89. The van der Waals surface area contributed by atoms with Gasteiger partial charge in [0.25, 0.3) is 5.91 Å². The number of rotatable bonds is 7. The number of piperazine rings is 1. The molecule has 0 saturated carbocycles. The summed E-state index contributed by atoms with van der Waals surface area (Å²) in [5.41, 5.74) is 0.367. The maximum absolute atomic E-state index is 12.8. The van der Waals surface area contributed by atoms with Crippen molar-refractivity contribution >= 4 is 21.8 Å². The van der Waals surface area contributed by atoms with E-state index in [-0.39, 0.29) is 24.0 Å². The van der Waals surface area contributed by atoms with Gasteiger partial charge in [0.05, 0.1) is 5.75 Å². The zero-order valence-corrected chi connectivity index (χ0v) is 15.6. The third-order valence-corrected chi connectivity index (χ3v) is 6.19. The minimum atomic E-state index is -3.21. The molecule has 7 nitrogen and oxygen atoms in total. The fourth-order valence-electron chi connectivity index (χ4n) is 2.70. The van der Waals surface area contributed by atoms with E-state index in [2.05, 4.69) is 5.32 Å². The SMILES string of the molecule is CCS(=O)(=O)N1CCN(C(=O)CCCNC(=O)c2ccc(F)cc2)CC1. The molecule has 0 radical (unpaired) electrons. The Balaban J connectivity index is 1.68. The van der Waals surface area contributed by atoms with Crippen LogP contribution in [0.1, 0.15) is 30.1 Å². The molecular formula is C17H24FN3O4S. The van der Waals surface area contributed by atoms with E-state index in [9.17, 15) is 22.4 Å². The van der Waals surface area contributed by atoms with E-state index in [0.29, 0.717) is 44.7 Å². The highest BCUT2D eigenvalue weighted by Crippen LogP contribution is 2.09. The van der Waals surface area contributed by atoms with E-state index in [4.69, 9.17) is 0 Å². The van der Waals surface area contributed by atoms with Crippen LogP contribution in [0.15, 0.2) is 24.3 Å². The molecule has 26 heavy (non-hydrogen) atoms. The summed E-state index contributed by atoms with van der Waals surface area (Å²) in [5.74, 6) is -0.696. The number of carbonyl (C=O) groups excluding carboxylic acids is 2. The first-order valence-corrected chi connectivity index (χ1v) is 10.2. The molecule has 2 amide bonds. The molecule has 1 N–H and O–H groups in total. The summed E-state index contributed by atoms with van der Waals surface area (Å²) in [6.07, 6.45) is 0.767. The van der Waals surface area contributed by atoms with Gasteiger partial charge in [0.2, 0.25) is 15.9 Å². The molecular weight excluding hydrogens is 361 g/mol. The van der Waals surface area contributed by atoms with E-state index in [1.54, 1.807) is 11.8 Å². The average molecular weight is 385 g/mol. The number of sulfonamides is 1. The van der Waals surface area contributed by atoms with Gasteiger partial charge in [-0.3, -0.25) is 9.59 Å². The first-order valence-electron chi connectivity index (χ1n) is 8.63. The lowest BCUT2D eigenvalue weighted by atomic mass is 10.2. The molecule has 1 saturated heterocycles. The fraction of sp³-hybridized carbons (Fsp3) is 0.529. The van der Waals surface area contributed by atoms with Gasteiger partial charge in [-0.25, -0.2) is 12.8 Å². The maximum atomic E-state index is 12.8. The molecule has 0 unspecified atom stereocenters. The van der Waals surface area contributed by atoms with Crippen molar-refractivity contribution in [1.29, 1.82) is 0 Å². The number of nitrogens with one attached hydrogen (secondary N) is 1. The van der Waals surface area contributed by atoms with Crippen molar-refractivity contribution in [2.45, 2.75) is 19.8 Å². The van der Waals surface area contributed by atoms with Gasteiger partial charge in [-0.1, -0.05) is 0 Å². The Kier molecular flexibility index (Phi) is 7.10. The van der Waals surface area contributed by atoms with E-state index < -0.39 is 15.8 Å². The molecule has 1 aromatic carbocycles. The lowest BCUT2D eigenvalue weighted by Gasteiger charge is -2.33. The predicted molar refractivity (Wildman–Crippen MR) is 95.6 cm³/mol. The van der Waals surface area contributed by atoms with E-state index in [1.165, 1.54) is 28.6 Å². The summed E-state index contributed by atoms with van der Waals surface area (Å²) >= 11 is 0. The molecule has 1 aromatic rings. The van der Waals surface area contributed by atoms with Crippen LogP contribution in [0.4, 0.5) is 4.39 Å². The molecule has 1 aliphatic rings. The zero-order chi connectivity index (χ0) is 19.2. The van der Waals surface area contributed by atoms with Crippen LogP contribution in [-0.4, -0.2) is 67.9 Å². The molecule has 2 rings (SSSR count). The molecule has 0 aliphatic carbocycles. The van der Waals surface area contributed by atoms with E-state index in [0.717, 1.165) is 0 Å². The monoisotopic (exact) mass is 385 g/mol. The van der Waals surface area contributed by atoms with Gasteiger partial charge in [-0.15, -0.1) is 0 Å². The second-order valence-electron chi connectivity index (χ2n) is 6.05. The molecule has 144 valence electrons. The lowest BCUT2D eigenvalue weighted by Crippen LogP contribution is -2.50. The molecule has 1 aliphatic heterocycles. The van der Waals surface area contributed by atoms with Gasteiger partial charge in [-0.2, -0.15) is 4.31 Å². The van der Waals surface area contributed by atoms with Crippen LogP contribution in [0.5, 0.6) is 0 Å². The first-order chi connectivity index (χ1) is 12.3. The first kappa shape index (κ1) is 20.3. The Morgan fingerprint density at radius 1 is 1.12 bits per heavy atom. The summed E-state index contributed by atoms with van der Waals surface area (Å²) in [4.78, 5) is 25.7. The zero-order valence-electron chi connectivity index (χ0n) is 14.8. The Hall–Kier alpha value is -2.00. The number of nitrogens with zero attached hydrogens (tertiary/aromatic N) is 2. The largest absolute Gasteiger partial charge is 0.352 e. The van der Waals surface area contributed by atoms with Gasteiger partial charge in [0.1, 0.15) is 5.82 Å². The molecule has 0 atom stereocenters. The second kappa shape index (κ2) is 9.09. The minimum Gasteiger partial charge on any atom is -0.352 e. The van der Waals surface area contributed by atoms with Crippen molar-refractivity contribution in [3.8, 4) is 0 Å². The quantitative estimate of drug-likeness (QED) is 0.705. The fourth-order valence-corrected chi connectivity index (χ4v) is 3.79. The van der Waals surface area contributed by atoms with Crippen molar-refractivity contribution in [3.63, 3.8) is 0 Å². The number of carbonyl (C=O) groups is 2. The smallest absolute Gasteiger partial charge is 0.251 e. The summed E-state index contributed by atoms with van der Waals surface area (Å²) in [5, 5.41) is 2.69. The summed E-state index contributed by atoms with van der Waals surface area (Å²) in [6.45, 7) is 3.37. The Bertz CT molecular complexity index is 729. The minimum absolute atomic E-state index is 0.0467. The summed E-state index contributed by atoms with van der Waals surface area (Å²) in [6, 6.07) is 5.24. The molecule has 0 aromatic heterocycles. The van der Waals surface area contributed by atoms with Crippen molar-refractivity contribution in [2.24, 2.45) is 0 Å². The van der Waals surface area contributed by atoms with Crippen LogP contribution in [0.25, 0.3) is 0 Å². The lowest BCUT2D eigenvalue weighted by molar-refractivity contribution is -0.132. The third-order valence-electron chi connectivity index (χ3n) is 4.31. The van der Waals surface area contributed by atoms with Crippen LogP contribution in [0.3, 0.4) is 0 Å². The highest BCUT2D eigenvalue weighted by atomic mass is 32.2. The van der Waals surface area contributed by atoms with Crippen molar-refractivity contribution in [3.05, 3.63) is 35.6 Å². The molecule has 9 heteroatoms. The number of hydrogen-bond acceptors (Lipinski definition) is 4. The maximum Gasteiger partial charge on any atom is 0.251 e. The molecule has 1 fully saturated rings. The van der Waals surface area contributed by atoms with Crippen molar-refractivity contribution < 1.29 is 22.4 Å². The molecule has 1 heterocycles. The van der Waals surface area contributed by atoms with Gasteiger partial charge in [0.15, 0.2) is 0 Å². The van der Waals surface area contributed by atoms with E-state index in [1.807, 2.05) is 0 Å².